The molecular formula is C10H12Cl3NO. The van der Waals surface area contributed by atoms with Crippen LogP contribution in [0.3, 0.4) is 0 Å². The van der Waals surface area contributed by atoms with Crippen LogP contribution in [0.2, 0.25) is 10.0 Å². The van der Waals surface area contributed by atoms with E-state index < -0.39 is 0 Å². The highest BCUT2D eigenvalue weighted by Crippen LogP contribution is 2.27. The Bertz CT molecular complexity index is 326. The molecule has 1 atom stereocenters. The minimum atomic E-state index is 0. The first kappa shape index (κ1) is 13.1. The molecule has 0 aliphatic carbocycles. The summed E-state index contributed by atoms with van der Waals surface area (Å²) in [5.74, 6) is 0. The van der Waals surface area contributed by atoms with Gasteiger partial charge in [-0.3, -0.25) is 0 Å². The predicted molar refractivity (Wildman–Crippen MR) is 65.3 cm³/mol. The van der Waals surface area contributed by atoms with Gasteiger partial charge in [0.05, 0.1) is 19.3 Å². The van der Waals surface area contributed by atoms with E-state index in [1.807, 2.05) is 12.1 Å². The summed E-state index contributed by atoms with van der Waals surface area (Å²) in [6.07, 6.45) is 0. The van der Waals surface area contributed by atoms with Crippen molar-refractivity contribution in [3.63, 3.8) is 0 Å². The fourth-order valence-electron chi connectivity index (χ4n) is 1.55. The first-order chi connectivity index (χ1) is 6.77. The molecule has 0 saturated carbocycles. The van der Waals surface area contributed by atoms with Crippen LogP contribution < -0.4 is 5.32 Å². The van der Waals surface area contributed by atoms with Crippen LogP contribution in [-0.2, 0) is 4.74 Å². The molecule has 1 saturated heterocycles. The molecule has 2 rings (SSSR count). The van der Waals surface area contributed by atoms with Gasteiger partial charge in [-0.1, -0.05) is 29.3 Å². The van der Waals surface area contributed by atoms with Crippen LogP contribution in [0.1, 0.15) is 11.6 Å². The van der Waals surface area contributed by atoms with E-state index in [1.165, 1.54) is 0 Å². The number of ether oxygens (including phenoxy) is 1. The molecule has 1 aliphatic heterocycles. The largest absolute Gasteiger partial charge is 0.378 e. The van der Waals surface area contributed by atoms with Gasteiger partial charge in [-0.2, -0.15) is 0 Å². The highest BCUT2D eigenvalue weighted by Gasteiger charge is 2.17. The molecular weight excluding hydrogens is 256 g/mol. The molecule has 15 heavy (non-hydrogen) atoms. The summed E-state index contributed by atoms with van der Waals surface area (Å²) < 4.78 is 5.37. The third-order valence-corrected chi connectivity index (χ3v) is 2.82. The summed E-state index contributed by atoms with van der Waals surface area (Å²) in [6.45, 7) is 2.30. The lowest BCUT2D eigenvalue weighted by Crippen LogP contribution is -2.34. The Hall–Kier alpha value is 0.01000. The standard InChI is InChI=1S/C10H11Cl2NO.ClH/c11-7-1-2-8(9(12)5-7)10-6-14-4-3-13-10;/h1-2,5,10,13H,3-4,6H2;1H/t10-;/m0./s1. The molecule has 0 amide bonds. The van der Waals surface area contributed by atoms with E-state index in [1.54, 1.807) is 6.07 Å². The monoisotopic (exact) mass is 267 g/mol. The van der Waals surface area contributed by atoms with Gasteiger partial charge in [-0.15, -0.1) is 12.4 Å². The van der Waals surface area contributed by atoms with E-state index in [-0.39, 0.29) is 18.4 Å². The van der Waals surface area contributed by atoms with E-state index >= 15 is 0 Å². The lowest BCUT2D eigenvalue weighted by molar-refractivity contribution is 0.0769. The van der Waals surface area contributed by atoms with Crippen molar-refractivity contribution < 1.29 is 4.74 Å². The average Bonchev–Trinajstić information content (AvgIpc) is 2.19. The van der Waals surface area contributed by atoms with Crippen molar-refractivity contribution in [2.75, 3.05) is 19.8 Å². The molecule has 0 unspecified atom stereocenters. The van der Waals surface area contributed by atoms with Crippen LogP contribution in [0.15, 0.2) is 18.2 Å². The first-order valence-electron chi connectivity index (χ1n) is 4.53. The van der Waals surface area contributed by atoms with Crippen molar-refractivity contribution in [3.05, 3.63) is 33.8 Å². The highest BCUT2D eigenvalue weighted by molar-refractivity contribution is 6.35. The summed E-state index contributed by atoms with van der Waals surface area (Å²) >= 11 is 11.9. The molecule has 1 aromatic rings. The van der Waals surface area contributed by atoms with Gasteiger partial charge in [0.1, 0.15) is 0 Å². The zero-order chi connectivity index (χ0) is 9.97. The van der Waals surface area contributed by atoms with Gasteiger partial charge in [0.2, 0.25) is 0 Å². The first-order valence-corrected chi connectivity index (χ1v) is 5.29. The lowest BCUT2D eigenvalue weighted by atomic mass is 10.1. The van der Waals surface area contributed by atoms with Crippen molar-refractivity contribution in [1.29, 1.82) is 0 Å². The van der Waals surface area contributed by atoms with Crippen molar-refractivity contribution in [3.8, 4) is 0 Å². The van der Waals surface area contributed by atoms with Gasteiger partial charge in [0.25, 0.3) is 0 Å². The summed E-state index contributed by atoms with van der Waals surface area (Å²) in [4.78, 5) is 0. The lowest BCUT2D eigenvalue weighted by Gasteiger charge is -2.24. The normalized spacial score (nSPS) is 20.8. The van der Waals surface area contributed by atoms with Gasteiger partial charge in [-0.05, 0) is 17.7 Å². The van der Waals surface area contributed by atoms with Crippen LogP contribution in [0.25, 0.3) is 0 Å². The van der Waals surface area contributed by atoms with Gasteiger partial charge in [-0.25, -0.2) is 0 Å². The Morgan fingerprint density at radius 3 is 2.73 bits per heavy atom. The van der Waals surface area contributed by atoms with Gasteiger partial charge < -0.3 is 10.1 Å². The molecule has 0 bridgehead atoms. The Morgan fingerprint density at radius 2 is 2.13 bits per heavy atom. The summed E-state index contributed by atoms with van der Waals surface area (Å²) in [7, 11) is 0. The fraction of sp³-hybridized carbons (Fsp3) is 0.400. The number of benzene rings is 1. The van der Waals surface area contributed by atoms with E-state index in [4.69, 9.17) is 27.9 Å². The zero-order valence-corrected chi connectivity index (χ0v) is 10.3. The second kappa shape index (κ2) is 5.92. The predicted octanol–water partition coefficient (Wildman–Crippen LogP) is 3.08. The van der Waals surface area contributed by atoms with Gasteiger partial charge >= 0.3 is 0 Å². The Balaban J connectivity index is 0.00000112. The molecule has 0 spiro atoms. The minimum Gasteiger partial charge on any atom is -0.378 e. The Kier molecular flexibility index (Phi) is 5.16. The molecule has 0 radical (unpaired) electrons. The maximum Gasteiger partial charge on any atom is 0.0662 e. The van der Waals surface area contributed by atoms with E-state index in [0.29, 0.717) is 16.7 Å². The molecule has 1 N–H and O–H groups in total. The third-order valence-electron chi connectivity index (χ3n) is 2.26. The van der Waals surface area contributed by atoms with E-state index in [9.17, 15) is 0 Å². The molecule has 84 valence electrons. The van der Waals surface area contributed by atoms with Crippen molar-refractivity contribution in [1.82, 2.24) is 5.32 Å². The Morgan fingerprint density at radius 1 is 1.33 bits per heavy atom. The van der Waals surface area contributed by atoms with Crippen LogP contribution in [0.5, 0.6) is 0 Å². The van der Waals surface area contributed by atoms with Gasteiger partial charge in [0, 0.05) is 16.6 Å². The molecule has 1 aliphatic rings. The number of morpholine rings is 1. The molecule has 2 nitrogen and oxygen atoms in total. The maximum absolute atomic E-state index is 6.08. The highest BCUT2D eigenvalue weighted by atomic mass is 35.5. The Labute approximate surface area is 105 Å². The molecule has 5 heteroatoms. The second-order valence-electron chi connectivity index (χ2n) is 3.25. The smallest absolute Gasteiger partial charge is 0.0662 e. The molecule has 1 heterocycles. The number of hydrogen-bond donors (Lipinski definition) is 1. The van der Waals surface area contributed by atoms with Crippen molar-refractivity contribution >= 4 is 35.6 Å². The number of nitrogens with one attached hydrogen (secondary N) is 1. The minimum absolute atomic E-state index is 0. The molecule has 0 aromatic heterocycles. The zero-order valence-electron chi connectivity index (χ0n) is 8.00. The average molecular weight is 269 g/mol. The quantitative estimate of drug-likeness (QED) is 0.845. The summed E-state index contributed by atoms with van der Waals surface area (Å²) in [5, 5.41) is 4.70. The van der Waals surface area contributed by atoms with E-state index in [0.717, 1.165) is 18.7 Å². The second-order valence-corrected chi connectivity index (χ2v) is 4.09. The SMILES string of the molecule is Cl.Clc1ccc([C@@H]2COCCN2)c(Cl)c1. The summed E-state index contributed by atoms with van der Waals surface area (Å²) in [5.41, 5.74) is 1.05. The van der Waals surface area contributed by atoms with Crippen LogP contribution >= 0.6 is 35.6 Å². The van der Waals surface area contributed by atoms with Crippen LogP contribution in [-0.4, -0.2) is 19.8 Å². The number of hydrogen-bond acceptors (Lipinski definition) is 2. The maximum atomic E-state index is 6.08. The molecule has 1 fully saturated rings. The van der Waals surface area contributed by atoms with Crippen molar-refractivity contribution in [2.24, 2.45) is 0 Å². The number of halogens is 3. The van der Waals surface area contributed by atoms with Crippen LogP contribution in [0, 0.1) is 0 Å². The third kappa shape index (κ3) is 3.23. The summed E-state index contributed by atoms with van der Waals surface area (Å²) in [6, 6.07) is 5.73. The topological polar surface area (TPSA) is 21.3 Å². The van der Waals surface area contributed by atoms with E-state index in [2.05, 4.69) is 5.32 Å². The molecule has 1 aromatic carbocycles. The van der Waals surface area contributed by atoms with Crippen molar-refractivity contribution in [2.45, 2.75) is 6.04 Å². The van der Waals surface area contributed by atoms with Crippen LogP contribution in [0.4, 0.5) is 0 Å². The fourth-order valence-corrected chi connectivity index (χ4v) is 2.09. The number of rotatable bonds is 1. The van der Waals surface area contributed by atoms with Gasteiger partial charge in [0.15, 0.2) is 0 Å².